The molecular weight excluding hydrogens is 562 g/mol. The number of nitrogens with zero attached hydrogens (tertiary/aromatic N) is 3. The predicted octanol–water partition coefficient (Wildman–Crippen LogP) is 6.45. The zero-order chi connectivity index (χ0) is 24.4. The van der Waals surface area contributed by atoms with Gasteiger partial charge in [-0.2, -0.15) is 9.78 Å². The molecule has 0 N–H and O–H groups in total. The number of carbonyl (C=O) groups excluding carboxylic acids is 1. The number of carbonyl (C=O) groups is 1. The van der Waals surface area contributed by atoms with Crippen molar-refractivity contribution in [3.8, 4) is 5.75 Å². The van der Waals surface area contributed by atoms with Gasteiger partial charge in [0.1, 0.15) is 5.82 Å². The van der Waals surface area contributed by atoms with Crippen molar-refractivity contribution < 1.29 is 9.53 Å². The van der Waals surface area contributed by atoms with E-state index in [0.29, 0.717) is 38.1 Å². The highest BCUT2D eigenvalue weighted by atomic mass is 79.9. The minimum Gasteiger partial charge on any atom is -0.421 e. The highest BCUT2D eigenvalue weighted by Crippen LogP contribution is 2.33. The van der Waals surface area contributed by atoms with Gasteiger partial charge in [0.2, 0.25) is 0 Å². The molecule has 4 rings (SSSR count). The second-order valence-corrected chi connectivity index (χ2v) is 9.84. The largest absolute Gasteiger partial charge is 0.421 e. The van der Waals surface area contributed by atoms with Gasteiger partial charge in [0.25, 0.3) is 5.56 Å². The molecule has 8 heteroatoms. The fourth-order valence-corrected chi connectivity index (χ4v) is 4.79. The molecule has 0 aliphatic heterocycles. The summed E-state index contributed by atoms with van der Waals surface area (Å²) in [6.07, 6.45) is 1.50. The third kappa shape index (κ3) is 5.03. The van der Waals surface area contributed by atoms with Crippen molar-refractivity contribution in [3.05, 3.63) is 102 Å². The summed E-state index contributed by atoms with van der Waals surface area (Å²) in [5.41, 5.74) is 2.26. The van der Waals surface area contributed by atoms with Crippen LogP contribution in [0.4, 0.5) is 0 Å². The van der Waals surface area contributed by atoms with Gasteiger partial charge in [-0.1, -0.05) is 59.6 Å². The van der Waals surface area contributed by atoms with E-state index in [-0.39, 0.29) is 11.5 Å². The first kappa shape index (κ1) is 24.0. The molecule has 4 aromatic rings. The van der Waals surface area contributed by atoms with Crippen LogP contribution in [0, 0.1) is 6.92 Å². The first-order chi connectivity index (χ1) is 16.2. The molecule has 0 unspecified atom stereocenters. The third-order valence-corrected chi connectivity index (χ3v) is 6.14. The molecule has 0 bridgehead atoms. The standard InChI is InChI=1S/C26H21Br2N3O3/c1-15(2)24-30-22-10-5-4-9-20(22)25(32)31(24)29-14-18-12-19(27)13-21(28)23(18)34-26(33)17-8-6-7-16(3)11-17/h4-15H,1-3H3. The maximum Gasteiger partial charge on any atom is 0.343 e. The highest BCUT2D eigenvalue weighted by molar-refractivity contribution is 9.11. The van der Waals surface area contributed by atoms with E-state index in [1.54, 1.807) is 42.5 Å². The van der Waals surface area contributed by atoms with Crippen LogP contribution in [0.3, 0.4) is 0 Å². The maximum absolute atomic E-state index is 13.2. The van der Waals surface area contributed by atoms with E-state index in [9.17, 15) is 9.59 Å². The fraction of sp³-hybridized carbons (Fsp3) is 0.154. The Morgan fingerprint density at radius 3 is 2.59 bits per heavy atom. The van der Waals surface area contributed by atoms with Crippen molar-refractivity contribution in [3.63, 3.8) is 0 Å². The number of hydrogen-bond acceptors (Lipinski definition) is 5. The van der Waals surface area contributed by atoms with E-state index in [0.717, 1.165) is 10.0 Å². The molecule has 1 heterocycles. The summed E-state index contributed by atoms with van der Waals surface area (Å²) < 4.78 is 8.36. The molecule has 172 valence electrons. The third-order valence-electron chi connectivity index (χ3n) is 5.09. The Kier molecular flexibility index (Phi) is 7.09. The first-order valence-corrected chi connectivity index (χ1v) is 12.2. The second-order valence-electron chi connectivity index (χ2n) is 8.07. The van der Waals surface area contributed by atoms with E-state index in [4.69, 9.17) is 4.74 Å². The molecule has 3 aromatic carbocycles. The van der Waals surface area contributed by atoms with Crippen molar-refractivity contribution in [2.45, 2.75) is 26.7 Å². The normalized spacial score (nSPS) is 11.5. The number of fused-ring (bicyclic) bond motifs is 1. The van der Waals surface area contributed by atoms with Crippen LogP contribution in [-0.2, 0) is 0 Å². The van der Waals surface area contributed by atoms with Crippen LogP contribution in [0.5, 0.6) is 5.75 Å². The van der Waals surface area contributed by atoms with Crippen LogP contribution in [-0.4, -0.2) is 21.8 Å². The minimum atomic E-state index is -0.492. The molecule has 6 nitrogen and oxygen atoms in total. The Hall–Kier alpha value is -3.10. The number of benzene rings is 3. The zero-order valence-corrected chi connectivity index (χ0v) is 21.9. The minimum absolute atomic E-state index is 0.0395. The van der Waals surface area contributed by atoms with Gasteiger partial charge in [0.05, 0.1) is 27.2 Å². The summed E-state index contributed by atoms with van der Waals surface area (Å²) in [6, 6.07) is 17.9. The summed E-state index contributed by atoms with van der Waals surface area (Å²) in [5, 5.41) is 4.95. The molecule has 0 amide bonds. The number of rotatable bonds is 5. The smallest absolute Gasteiger partial charge is 0.343 e. The zero-order valence-electron chi connectivity index (χ0n) is 18.8. The van der Waals surface area contributed by atoms with Crippen LogP contribution >= 0.6 is 31.9 Å². The van der Waals surface area contributed by atoms with Gasteiger partial charge in [-0.05, 0) is 59.3 Å². The highest BCUT2D eigenvalue weighted by Gasteiger charge is 2.17. The van der Waals surface area contributed by atoms with Crippen LogP contribution in [0.2, 0.25) is 0 Å². The summed E-state index contributed by atoms with van der Waals surface area (Å²) in [4.78, 5) is 30.7. The molecule has 0 fully saturated rings. The lowest BCUT2D eigenvalue weighted by atomic mass is 10.1. The molecule has 0 saturated carbocycles. The molecule has 34 heavy (non-hydrogen) atoms. The Balaban J connectivity index is 1.79. The van der Waals surface area contributed by atoms with E-state index in [1.807, 2.05) is 39.0 Å². The average Bonchev–Trinajstić information content (AvgIpc) is 2.80. The molecule has 0 radical (unpaired) electrons. The maximum atomic E-state index is 13.2. The van der Waals surface area contributed by atoms with Gasteiger partial charge < -0.3 is 4.74 Å². The Bertz CT molecular complexity index is 1490. The number of aromatic nitrogens is 2. The number of halogens is 2. The fourth-order valence-electron chi connectivity index (χ4n) is 3.45. The van der Waals surface area contributed by atoms with Crippen molar-refractivity contribution in [1.82, 2.24) is 9.66 Å². The summed E-state index contributed by atoms with van der Waals surface area (Å²) in [7, 11) is 0. The van der Waals surface area contributed by atoms with Gasteiger partial charge >= 0.3 is 5.97 Å². The van der Waals surface area contributed by atoms with Gasteiger partial charge in [-0.25, -0.2) is 9.78 Å². The Labute approximate surface area is 213 Å². The van der Waals surface area contributed by atoms with E-state index in [2.05, 4.69) is 41.9 Å². The number of para-hydroxylation sites is 1. The number of hydrogen-bond donors (Lipinski definition) is 0. The van der Waals surface area contributed by atoms with Crippen molar-refractivity contribution in [1.29, 1.82) is 0 Å². The van der Waals surface area contributed by atoms with E-state index < -0.39 is 5.97 Å². The van der Waals surface area contributed by atoms with Gasteiger partial charge in [-0.15, -0.1) is 0 Å². The SMILES string of the molecule is Cc1cccc(C(=O)Oc2c(Br)cc(Br)cc2C=Nn2c(C(C)C)nc3ccccc3c2=O)c1. The predicted molar refractivity (Wildman–Crippen MR) is 141 cm³/mol. The van der Waals surface area contributed by atoms with Crippen molar-refractivity contribution in [2.75, 3.05) is 0 Å². The van der Waals surface area contributed by atoms with E-state index >= 15 is 0 Å². The van der Waals surface area contributed by atoms with Crippen LogP contribution in [0.1, 0.15) is 47.1 Å². The van der Waals surface area contributed by atoms with Crippen LogP contribution in [0.15, 0.2) is 79.5 Å². The summed E-state index contributed by atoms with van der Waals surface area (Å²) >= 11 is 6.94. The monoisotopic (exact) mass is 581 g/mol. The lowest BCUT2D eigenvalue weighted by molar-refractivity contribution is 0.0733. The second kappa shape index (κ2) is 10.0. The molecule has 0 spiro atoms. The number of esters is 1. The topological polar surface area (TPSA) is 73.5 Å². The van der Waals surface area contributed by atoms with Gasteiger partial charge in [0, 0.05) is 16.0 Å². The molecular formula is C26H21Br2N3O3. The Morgan fingerprint density at radius 1 is 1.09 bits per heavy atom. The average molecular weight is 583 g/mol. The number of ether oxygens (including phenoxy) is 1. The molecule has 1 aromatic heterocycles. The lowest BCUT2D eigenvalue weighted by Gasteiger charge is -2.13. The molecule has 0 aliphatic carbocycles. The van der Waals surface area contributed by atoms with Crippen molar-refractivity contribution >= 4 is 54.9 Å². The first-order valence-electron chi connectivity index (χ1n) is 10.6. The van der Waals surface area contributed by atoms with Gasteiger partial charge in [0.15, 0.2) is 5.75 Å². The van der Waals surface area contributed by atoms with Crippen molar-refractivity contribution in [2.24, 2.45) is 5.10 Å². The Morgan fingerprint density at radius 2 is 1.85 bits per heavy atom. The van der Waals surface area contributed by atoms with Crippen LogP contribution < -0.4 is 10.3 Å². The summed E-state index contributed by atoms with van der Waals surface area (Å²) in [5.74, 6) is 0.301. The molecule has 0 atom stereocenters. The quantitative estimate of drug-likeness (QED) is 0.154. The van der Waals surface area contributed by atoms with Crippen LogP contribution in [0.25, 0.3) is 10.9 Å². The molecule has 0 aliphatic rings. The molecule has 0 saturated heterocycles. The number of aryl methyl sites for hydroxylation is 1. The lowest BCUT2D eigenvalue weighted by Crippen LogP contribution is -2.23. The summed E-state index contributed by atoms with van der Waals surface area (Å²) in [6.45, 7) is 5.81. The van der Waals surface area contributed by atoms with E-state index in [1.165, 1.54) is 10.9 Å². The van der Waals surface area contributed by atoms with Gasteiger partial charge in [-0.3, -0.25) is 4.79 Å².